The zero-order chi connectivity index (χ0) is 17.2. The van der Waals surface area contributed by atoms with Crippen LogP contribution in [-0.4, -0.2) is 0 Å². The minimum atomic E-state index is -0.718. The second-order valence-corrected chi connectivity index (χ2v) is 6.90. The number of benzene rings is 1. The molecule has 1 nitrogen and oxygen atoms in total. The Hall–Kier alpha value is -1.88. The SMILES string of the molecule is CCCc1ccc(CCC2CCC(C=CC=C(F)C#N)CC2)cc1. The molecule has 1 fully saturated rings. The minimum Gasteiger partial charge on any atom is -0.195 e. The fourth-order valence-electron chi connectivity index (χ4n) is 3.54. The summed E-state index contributed by atoms with van der Waals surface area (Å²) in [5.74, 6) is 0.638. The van der Waals surface area contributed by atoms with Gasteiger partial charge in [0, 0.05) is 0 Å². The number of allylic oxidation sites excluding steroid dienone is 4. The van der Waals surface area contributed by atoms with Gasteiger partial charge in [-0.3, -0.25) is 0 Å². The van der Waals surface area contributed by atoms with Gasteiger partial charge in [0.2, 0.25) is 0 Å². The number of halogens is 1. The first-order chi connectivity index (χ1) is 11.7. The average molecular weight is 325 g/mol. The van der Waals surface area contributed by atoms with E-state index in [1.54, 1.807) is 6.08 Å². The highest BCUT2D eigenvalue weighted by Gasteiger charge is 2.19. The fourth-order valence-corrected chi connectivity index (χ4v) is 3.54. The third-order valence-corrected chi connectivity index (χ3v) is 5.03. The Bertz CT molecular complexity index is 583. The number of rotatable bonds is 7. The van der Waals surface area contributed by atoms with Crippen LogP contribution in [0.2, 0.25) is 0 Å². The first kappa shape index (κ1) is 18.5. The van der Waals surface area contributed by atoms with E-state index in [4.69, 9.17) is 5.26 Å². The van der Waals surface area contributed by atoms with Gasteiger partial charge < -0.3 is 0 Å². The van der Waals surface area contributed by atoms with Gasteiger partial charge in [-0.2, -0.15) is 9.65 Å². The van der Waals surface area contributed by atoms with E-state index in [1.165, 1.54) is 74.6 Å². The van der Waals surface area contributed by atoms with Crippen molar-refractivity contribution in [3.05, 3.63) is 59.4 Å². The lowest BCUT2D eigenvalue weighted by atomic mass is 9.79. The molecule has 0 aromatic heterocycles. The van der Waals surface area contributed by atoms with Crippen molar-refractivity contribution in [3.8, 4) is 6.07 Å². The molecular weight excluding hydrogens is 297 g/mol. The monoisotopic (exact) mass is 325 g/mol. The number of hydrogen-bond acceptors (Lipinski definition) is 1. The highest BCUT2D eigenvalue weighted by Crippen LogP contribution is 2.32. The third-order valence-electron chi connectivity index (χ3n) is 5.03. The van der Waals surface area contributed by atoms with Gasteiger partial charge in [0.15, 0.2) is 5.83 Å². The van der Waals surface area contributed by atoms with Crippen molar-refractivity contribution in [2.24, 2.45) is 11.8 Å². The van der Waals surface area contributed by atoms with Crippen molar-refractivity contribution >= 4 is 0 Å². The molecule has 0 aliphatic heterocycles. The van der Waals surface area contributed by atoms with Crippen LogP contribution in [0.4, 0.5) is 4.39 Å². The lowest BCUT2D eigenvalue weighted by Crippen LogP contribution is -2.13. The second kappa shape index (κ2) is 10.1. The molecule has 0 bridgehead atoms. The number of hydrogen-bond donors (Lipinski definition) is 0. The van der Waals surface area contributed by atoms with Crippen LogP contribution in [0.15, 0.2) is 48.3 Å². The largest absolute Gasteiger partial charge is 0.199 e. The number of nitrogens with zero attached hydrogens (tertiary/aromatic N) is 1. The zero-order valence-electron chi connectivity index (χ0n) is 14.7. The van der Waals surface area contributed by atoms with E-state index in [9.17, 15) is 4.39 Å². The minimum absolute atomic E-state index is 0.539. The van der Waals surface area contributed by atoms with Gasteiger partial charge in [0.1, 0.15) is 6.07 Å². The predicted molar refractivity (Wildman–Crippen MR) is 98.2 cm³/mol. The van der Waals surface area contributed by atoms with Crippen LogP contribution < -0.4 is 0 Å². The molecule has 24 heavy (non-hydrogen) atoms. The molecule has 0 radical (unpaired) electrons. The second-order valence-electron chi connectivity index (χ2n) is 6.90. The zero-order valence-corrected chi connectivity index (χ0v) is 14.7. The Kier molecular flexibility index (Phi) is 7.75. The Morgan fingerprint density at radius 1 is 1.12 bits per heavy atom. The first-order valence-corrected chi connectivity index (χ1v) is 9.23. The topological polar surface area (TPSA) is 23.8 Å². The van der Waals surface area contributed by atoms with Crippen molar-refractivity contribution in [1.82, 2.24) is 0 Å². The summed E-state index contributed by atoms with van der Waals surface area (Å²) in [6.45, 7) is 2.22. The van der Waals surface area contributed by atoms with E-state index in [1.807, 2.05) is 0 Å². The molecule has 128 valence electrons. The summed E-state index contributed by atoms with van der Waals surface area (Å²) in [5, 5.41) is 8.37. The predicted octanol–water partition coefficient (Wildman–Crippen LogP) is 6.31. The van der Waals surface area contributed by atoms with Gasteiger partial charge in [0.05, 0.1) is 0 Å². The normalized spacial score (nSPS) is 21.8. The Balaban J connectivity index is 1.70. The lowest BCUT2D eigenvalue weighted by molar-refractivity contribution is 0.296. The Morgan fingerprint density at radius 2 is 1.75 bits per heavy atom. The summed E-state index contributed by atoms with van der Waals surface area (Å²) in [7, 11) is 0. The third kappa shape index (κ3) is 6.32. The van der Waals surface area contributed by atoms with Crippen molar-refractivity contribution in [2.75, 3.05) is 0 Å². The van der Waals surface area contributed by atoms with Crippen LogP contribution in [0.3, 0.4) is 0 Å². The highest BCUT2D eigenvalue weighted by molar-refractivity contribution is 5.23. The average Bonchev–Trinajstić information content (AvgIpc) is 2.62. The molecule has 0 amide bonds. The van der Waals surface area contributed by atoms with E-state index in [0.29, 0.717) is 5.92 Å². The molecule has 1 aliphatic rings. The molecule has 1 saturated carbocycles. The first-order valence-electron chi connectivity index (χ1n) is 9.23. The molecule has 0 heterocycles. The fraction of sp³-hybridized carbons (Fsp3) is 0.500. The maximum atomic E-state index is 12.7. The number of aryl methyl sites for hydroxylation is 2. The Morgan fingerprint density at radius 3 is 2.33 bits per heavy atom. The van der Waals surface area contributed by atoms with E-state index in [2.05, 4.69) is 37.3 Å². The standard InChI is InChI=1S/C22H28FN/c1-2-4-18-7-11-20(12-8-18)15-16-21-13-9-19(10-14-21)5-3-6-22(23)17-24/h3,5-8,11-12,19,21H,2,4,9-10,13-16H2,1H3. The van der Waals surface area contributed by atoms with E-state index in [0.717, 1.165) is 5.92 Å². The molecular formula is C22H28FN. The van der Waals surface area contributed by atoms with E-state index < -0.39 is 5.83 Å². The summed E-state index contributed by atoms with van der Waals surface area (Å²) < 4.78 is 12.7. The Labute approximate surface area is 145 Å². The maximum Gasteiger partial charge on any atom is 0.199 e. The van der Waals surface area contributed by atoms with Gasteiger partial charge in [-0.25, -0.2) is 0 Å². The molecule has 2 rings (SSSR count). The summed E-state index contributed by atoms with van der Waals surface area (Å²) in [5.41, 5.74) is 2.89. The lowest BCUT2D eigenvalue weighted by Gasteiger charge is -2.26. The van der Waals surface area contributed by atoms with Crippen molar-refractivity contribution in [1.29, 1.82) is 5.26 Å². The molecule has 0 spiro atoms. The molecule has 0 unspecified atom stereocenters. The van der Waals surface area contributed by atoms with Crippen LogP contribution >= 0.6 is 0 Å². The van der Waals surface area contributed by atoms with E-state index >= 15 is 0 Å². The van der Waals surface area contributed by atoms with Crippen molar-refractivity contribution in [3.63, 3.8) is 0 Å². The van der Waals surface area contributed by atoms with Crippen LogP contribution in [0.25, 0.3) is 0 Å². The molecule has 1 aliphatic carbocycles. The summed E-state index contributed by atoms with van der Waals surface area (Å²) in [6.07, 6.45) is 14.7. The molecule has 0 saturated heterocycles. The van der Waals surface area contributed by atoms with Crippen LogP contribution in [0, 0.1) is 23.2 Å². The molecule has 1 aromatic carbocycles. The quantitative estimate of drug-likeness (QED) is 0.425. The van der Waals surface area contributed by atoms with Crippen LogP contribution in [0.5, 0.6) is 0 Å². The van der Waals surface area contributed by atoms with Gasteiger partial charge >= 0.3 is 0 Å². The number of nitriles is 1. The summed E-state index contributed by atoms with van der Waals surface area (Å²) in [6, 6.07) is 10.6. The molecule has 0 atom stereocenters. The van der Waals surface area contributed by atoms with Gasteiger partial charge in [-0.05, 0) is 74.0 Å². The van der Waals surface area contributed by atoms with Gasteiger partial charge in [0.25, 0.3) is 0 Å². The van der Waals surface area contributed by atoms with Crippen LogP contribution in [0.1, 0.15) is 56.6 Å². The highest BCUT2D eigenvalue weighted by atomic mass is 19.1. The smallest absolute Gasteiger partial charge is 0.195 e. The van der Waals surface area contributed by atoms with Crippen molar-refractivity contribution < 1.29 is 4.39 Å². The summed E-state index contributed by atoms with van der Waals surface area (Å²) in [4.78, 5) is 0. The van der Waals surface area contributed by atoms with E-state index in [-0.39, 0.29) is 0 Å². The molecule has 0 N–H and O–H groups in total. The van der Waals surface area contributed by atoms with Crippen LogP contribution in [-0.2, 0) is 12.8 Å². The van der Waals surface area contributed by atoms with Gasteiger partial charge in [-0.15, -0.1) is 0 Å². The summed E-state index contributed by atoms with van der Waals surface area (Å²) >= 11 is 0. The van der Waals surface area contributed by atoms with Gasteiger partial charge in [-0.1, -0.05) is 49.8 Å². The van der Waals surface area contributed by atoms with Crippen molar-refractivity contribution in [2.45, 2.75) is 58.3 Å². The maximum absolute atomic E-state index is 12.7. The molecule has 2 heteroatoms. The molecule has 1 aromatic rings.